The summed E-state index contributed by atoms with van der Waals surface area (Å²) in [4.78, 5) is 12.3. The molecular weight excluding hydrogens is 390 g/mol. The number of sulfonamides is 1. The third-order valence-corrected chi connectivity index (χ3v) is 6.01. The highest BCUT2D eigenvalue weighted by molar-refractivity contribution is 7.89. The number of carboxylic acids is 1. The third-order valence-electron chi connectivity index (χ3n) is 3.67. The summed E-state index contributed by atoms with van der Waals surface area (Å²) in [6, 6.07) is 9.48. The molecule has 0 spiro atoms. The van der Waals surface area contributed by atoms with E-state index in [4.69, 9.17) is 4.74 Å². The second-order valence-electron chi connectivity index (χ2n) is 5.53. The first-order valence-electron chi connectivity index (χ1n) is 7.87. The van der Waals surface area contributed by atoms with E-state index in [-0.39, 0.29) is 23.6 Å². The van der Waals surface area contributed by atoms with Gasteiger partial charge in [-0.15, -0.1) is 11.3 Å². The molecule has 0 aliphatic rings. The minimum Gasteiger partial charge on any atom is -0.478 e. The Kier molecular flexibility index (Phi) is 5.71. The van der Waals surface area contributed by atoms with Crippen molar-refractivity contribution in [2.45, 2.75) is 4.90 Å². The molecule has 27 heavy (non-hydrogen) atoms. The Morgan fingerprint density at radius 2 is 2.15 bits per heavy atom. The zero-order valence-corrected chi connectivity index (χ0v) is 16.0. The van der Waals surface area contributed by atoms with Crippen LogP contribution in [0.3, 0.4) is 0 Å². The van der Waals surface area contributed by atoms with Crippen LogP contribution in [0, 0.1) is 0 Å². The SMILES string of the molecule is COCCNS(=O)(=O)c1cc(C(=O)O)cc(-n2ccc(-c3cccs3)n2)c1. The van der Waals surface area contributed by atoms with Crippen LogP contribution >= 0.6 is 11.3 Å². The molecule has 142 valence electrons. The Bertz CT molecular complexity index is 1040. The molecule has 10 heteroatoms. The second-order valence-corrected chi connectivity index (χ2v) is 8.25. The molecule has 3 aromatic rings. The van der Waals surface area contributed by atoms with Crippen molar-refractivity contribution in [1.82, 2.24) is 14.5 Å². The van der Waals surface area contributed by atoms with E-state index in [0.29, 0.717) is 11.4 Å². The Hall–Kier alpha value is -2.53. The van der Waals surface area contributed by atoms with Gasteiger partial charge in [0.1, 0.15) is 5.69 Å². The van der Waals surface area contributed by atoms with Crippen molar-refractivity contribution in [3.05, 3.63) is 53.5 Å². The van der Waals surface area contributed by atoms with E-state index in [1.165, 1.54) is 35.3 Å². The molecule has 0 aliphatic heterocycles. The number of carboxylic acid groups (broad SMARTS) is 1. The summed E-state index contributed by atoms with van der Waals surface area (Å²) in [6.45, 7) is 0.282. The molecule has 0 amide bonds. The summed E-state index contributed by atoms with van der Waals surface area (Å²) in [5, 5.41) is 15.7. The summed E-state index contributed by atoms with van der Waals surface area (Å²) >= 11 is 1.52. The van der Waals surface area contributed by atoms with Crippen molar-refractivity contribution in [3.63, 3.8) is 0 Å². The highest BCUT2D eigenvalue weighted by atomic mass is 32.2. The monoisotopic (exact) mass is 407 g/mol. The highest BCUT2D eigenvalue weighted by Crippen LogP contribution is 2.24. The molecule has 0 unspecified atom stereocenters. The highest BCUT2D eigenvalue weighted by Gasteiger charge is 2.19. The van der Waals surface area contributed by atoms with Crippen molar-refractivity contribution in [3.8, 4) is 16.3 Å². The molecule has 0 saturated heterocycles. The van der Waals surface area contributed by atoms with Gasteiger partial charge in [-0.1, -0.05) is 6.07 Å². The van der Waals surface area contributed by atoms with Gasteiger partial charge in [-0.3, -0.25) is 0 Å². The number of nitrogens with one attached hydrogen (secondary N) is 1. The number of rotatable bonds is 8. The molecule has 0 saturated carbocycles. The van der Waals surface area contributed by atoms with E-state index in [1.807, 2.05) is 17.5 Å². The molecule has 2 aromatic heterocycles. The van der Waals surface area contributed by atoms with E-state index < -0.39 is 16.0 Å². The van der Waals surface area contributed by atoms with Crippen LogP contribution in [0.4, 0.5) is 0 Å². The lowest BCUT2D eigenvalue weighted by Crippen LogP contribution is -2.27. The maximum absolute atomic E-state index is 12.5. The summed E-state index contributed by atoms with van der Waals surface area (Å²) in [6.07, 6.45) is 1.66. The van der Waals surface area contributed by atoms with Gasteiger partial charge in [-0.2, -0.15) is 5.10 Å². The molecule has 3 rings (SSSR count). The van der Waals surface area contributed by atoms with Crippen LogP contribution < -0.4 is 4.72 Å². The standard InChI is InChI=1S/C17H17N3O5S2/c1-25-7-5-18-27(23,24)14-10-12(17(21)22)9-13(11-14)20-6-4-15(19-20)16-3-2-8-26-16/h2-4,6,8-11,18H,5,7H2,1H3,(H,21,22). The van der Waals surface area contributed by atoms with Crippen LogP contribution in [0.15, 0.2) is 52.9 Å². The number of hydrogen-bond donors (Lipinski definition) is 2. The van der Waals surface area contributed by atoms with Gasteiger partial charge in [-0.25, -0.2) is 22.6 Å². The number of thiophene rings is 1. The fourth-order valence-electron chi connectivity index (χ4n) is 2.38. The number of ether oxygens (including phenoxy) is 1. The number of aromatic nitrogens is 2. The predicted molar refractivity (Wildman–Crippen MR) is 101 cm³/mol. The van der Waals surface area contributed by atoms with E-state index >= 15 is 0 Å². The Morgan fingerprint density at radius 3 is 2.81 bits per heavy atom. The molecule has 0 radical (unpaired) electrons. The zero-order chi connectivity index (χ0) is 19.4. The summed E-state index contributed by atoms with van der Waals surface area (Å²) in [7, 11) is -2.43. The first-order chi connectivity index (χ1) is 12.9. The quantitative estimate of drug-likeness (QED) is 0.554. The van der Waals surface area contributed by atoms with Gasteiger partial charge >= 0.3 is 5.97 Å². The van der Waals surface area contributed by atoms with Gasteiger partial charge in [0, 0.05) is 19.9 Å². The van der Waals surface area contributed by atoms with Crippen LogP contribution in [-0.4, -0.2) is 49.5 Å². The van der Waals surface area contributed by atoms with Crippen molar-refractivity contribution >= 4 is 27.3 Å². The lowest BCUT2D eigenvalue weighted by atomic mass is 10.2. The van der Waals surface area contributed by atoms with Crippen molar-refractivity contribution in [2.75, 3.05) is 20.3 Å². The number of aromatic carboxylic acids is 1. The number of carbonyl (C=O) groups is 1. The lowest BCUT2D eigenvalue weighted by Gasteiger charge is -2.10. The fourth-order valence-corrected chi connectivity index (χ4v) is 4.15. The minimum atomic E-state index is -3.89. The maximum Gasteiger partial charge on any atom is 0.335 e. The third kappa shape index (κ3) is 4.42. The Morgan fingerprint density at radius 1 is 1.33 bits per heavy atom. The normalized spacial score (nSPS) is 11.6. The van der Waals surface area contributed by atoms with Gasteiger partial charge in [0.25, 0.3) is 0 Å². The summed E-state index contributed by atoms with van der Waals surface area (Å²) in [5.41, 5.74) is 0.908. The topological polar surface area (TPSA) is 111 Å². The first kappa shape index (κ1) is 19.2. The van der Waals surface area contributed by atoms with Crippen LogP contribution in [0.2, 0.25) is 0 Å². The van der Waals surface area contributed by atoms with Gasteiger partial charge in [0.2, 0.25) is 10.0 Å². The van der Waals surface area contributed by atoms with Crippen molar-refractivity contribution in [1.29, 1.82) is 0 Å². The van der Waals surface area contributed by atoms with E-state index in [1.54, 1.807) is 12.3 Å². The van der Waals surface area contributed by atoms with E-state index in [0.717, 1.165) is 10.9 Å². The van der Waals surface area contributed by atoms with Gasteiger partial charge in [0.15, 0.2) is 0 Å². The van der Waals surface area contributed by atoms with Crippen molar-refractivity contribution in [2.24, 2.45) is 0 Å². The molecule has 2 heterocycles. The molecule has 0 aliphatic carbocycles. The van der Waals surface area contributed by atoms with Crippen LogP contribution in [0.5, 0.6) is 0 Å². The lowest BCUT2D eigenvalue weighted by molar-refractivity contribution is 0.0696. The summed E-state index contributed by atoms with van der Waals surface area (Å²) < 4.78 is 33.6. The number of hydrogen-bond acceptors (Lipinski definition) is 6. The minimum absolute atomic E-state index is 0.0791. The molecule has 0 fully saturated rings. The van der Waals surface area contributed by atoms with Gasteiger partial charge in [0.05, 0.1) is 27.6 Å². The molecule has 2 N–H and O–H groups in total. The molecule has 1 aromatic carbocycles. The average molecular weight is 407 g/mol. The van der Waals surface area contributed by atoms with Crippen LogP contribution in [0.1, 0.15) is 10.4 Å². The number of benzene rings is 1. The van der Waals surface area contributed by atoms with Crippen molar-refractivity contribution < 1.29 is 23.1 Å². The fraction of sp³-hybridized carbons (Fsp3) is 0.176. The first-order valence-corrected chi connectivity index (χ1v) is 10.2. The molecular formula is C17H17N3O5S2. The summed E-state index contributed by atoms with van der Waals surface area (Å²) in [5.74, 6) is -1.23. The van der Waals surface area contributed by atoms with E-state index in [9.17, 15) is 18.3 Å². The smallest absolute Gasteiger partial charge is 0.335 e. The van der Waals surface area contributed by atoms with Gasteiger partial charge < -0.3 is 9.84 Å². The predicted octanol–water partition coefficient (Wildman–Crippen LogP) is 2.22. The molecule has 8 nitrogen and oxygen atoms in total. The Labute approximate surface area is 160 Å². The molecule has 0 bridgehead atoms. The average Bonchev–Trinajstić information content (AvgIpc) is 3.33. The van der Waals surface area contributed by atoms with Crippen LogP contribution in [-0.2, 0) is 14.8 Å². The largest absolute Gasteiger partial charge is 0.478 e. The van der Waals surface area contributed by atoms with Gasteiger partial charge in [-0.05, 0) is 35.7 Å². The Balaban J connectivity index is 2.01. The van der Waals surface area contributed by atoms with E-state index in [2.05, 4.69) is 9.82 Å². The maximum atomic E-state index is 12.5. The second kappa shape index (κ2) is 8.01. The number of methoxy groups -OCH3 is 1. The molecule has 0 atom stereocenters. The number of nitrogens with zero attached hydrogens (tertiary/aromatic N) is 2. The van der Waals surface area contributed by atoms with Crippen LogP contribution in [0.25, 0.3) is 16.3 Å². The zero-order valence-electron chi connectivity index (χ0n) is 14.3.